The Morgan fingerprint density at radius 3 is 2.64 bits per heavy atom. The smallest absolute Gasteiger partial charge is 0.250 e. The molecule has 130 valence electrons. The Kier molecular flexibility index (Phi) is 3.88. The minimum Gasteiger partial charge on any atom is -0.294 e. The highest BCUT2D eigenvalue weighted by Gasteiger charge is 2.36. The molecule has 0 saturated heterocycles. The van der Waals surface area contributed by atoms with Crippen LogP contribution in [0.1, 0.15) is 30.1 Å². The fourth-order valence-electron chi connectivity index (χ4n) is 2.63. The third kappa shape index (κ3) is 2.95. The topological polar surface area (TPSA) is 90.6 Å². The summed E-state index contributed by atoms with van der Waals surface area (Å²) >= 11 is 1.15. The van der Waals surface area contributed by atoms with Crippen LogP contribution in [0.3, 0.4) is 0 Å². The summed E-state index contributed by atoms with van der Waals surface area (Å²) in [6.07, 6.45) is 1.72. The first kappa shape index (κ1) is 16.3. The maximum atomic E-state index is 13.9. The van der Waals surface area contributed by atoms with E-state index in [1.165, 1.54) is 18.2 Å². The number of rotatable bonds is 5. The molecule has 1 fully saturated rings. The van der Waals surface area contributed by atoms with Crippen molar-refractivity contribution < 1.29 is 12.8 Å². The van der Waals surface area contributed by atoms with E-state index < -0.39 is 21.4 Å². The number of benzene rings is 1. The lowest BCUT2D eigenvalue weighted by Gasteiger charge is -2.09. The molecule has 0 amide bonds. The van der Waals surface area contributed by atoms with Crippen molar-refractivity contribution in [3.8, 4) is 10.7 Å². The third-order valence-corrected chi connectivity index (χ3v) is 6.36. The maximum Gasteiger partial charge on any atom is 0.250 e. The second kappa shape index (κ2) is 5.95. The Morgan fingerprint density at radius 2 is 2.00 bits per heavy atom. The van der Waals surface area contributed by atoms with E-state index >= 15 is 0 Å². The molecule has 25 heavy (non-hydrogen) atoms. The molecular weight excluding hydrogens is 365 g/mol. The van der Waals surface area contributed by atoms with Gasteiger partial charge in [-0.15, -0.1) is 15.3 Å². The molecule has 0 aliphatic heterocycles. The number of sulfone groups is 1. The van der Waals surface area contributed by atoms with Gasteiger partial charge >= 0.3 is 0 Å². The van der Waals surface area contributed by atoms with E-state index in [9.17, 15) is 12.8 Å². The average Bonchev–Trinajstić information content (AvgIpc) is 3.16. The number of hydrogen-bond donors (Lipinski definition) is 0. The maximum absolute atomic E-state index is 13.9. The van der Waals surface area contributed by atoms with Gasteiger partial charge in [-0.25, -0.2) is 12.8 Å². The zero-order chi connectivity index (χ0) is 17.6. The van der Waals surface area contributed by atoms with Crippen molar-refractivity contribution >= 4 is 21.4 Å². The Hall–Kier alpha value is -2.20. The van der Waals surface area contributed by atoms with Gasteiger partial charge in [-0.2, -0.15) is 0 Å². The molecule has 0 spiro atoms. The molecule has 7 nitrogen and oxygen atoms in total. The van der Waals surface area contributed by atoms with E-state index in [-0.39, 0.29) is 16.8 Å². The molecule has 10 heteroatoms. The van der Waals surface area contributed by atoms with Gasteiger partial charge in [-0.05, 0) is 37.4 Å². The van der Waals surface area contributed by atoms with Crippen LogP contribution >= 0.6 is 11.5 Å². The highest BCUT2D eigenvalue weighted by atomic mass is 32.2. The van der Waals surface area contributed by atoms with Gasteiger partial charge in [0.25, 0.3) is 5.16 Å². The molecule has 1 aliphatic carbocycles. The van der Waals surface area contributed by atoms with Crippen LogP contribution in [0, 0.1) is 12.7 Å². The van der Waals surface area contributed by atoms with Crippen molar-refractivity contribution in [1.29, 1.82) is 0 Å². The Labute approximate surface area is 147 Å². The summed E-state index contributed by atoms with van der Waals surface area (Å²) in [5.74, 6) is -0.543. The standard InChI is InChI=1S/C15H14FN5O2S2/c1-9-13(24-20-17-9)14-18-19-15(21(14)11-6-7-11)25(22,23)8-10-4-2-3-5-12(10)16/h2-5,11H,6-8H2,1H3. The summed E-state index contributed by atoms with van der Waals surface area (Å²) in [7, 11) is -3.84. The lowest BCUT2D eigenvalue weighted by Crippen LogP contribution is -2.14. The molecule has 0 bridgehead atoms. The van der Waals surface area contributed by atoms with Crippen LogP contribution in [0.5, 0.6) is 0 Å². The van der Waals surface area contributed by atoms with Crippen LogP contribution in [0.2, 0.25) is 0 Å². The molecule has 1 aromatic carbocycles. The van der Waals surface area contributed by atoms with E-state index in [0.29, 0.717) is 16.4 Å². The highest BCUT2D eigenvalue weighted by Crippen LogP contribution is 2.41. The molecule has 2 heterocycles. The lowest BCUT2D eigenvalue weighted by atomic mass is 10.2. The summed E-state index contributed by atoms with van der Waals surface area (Å²) in [6.45, 7) is 1.79. The molecule has 0 unspecified atom stereocenters. The van der Waals surface area contributed by atoms with Crippen molar-refractivity contribution in [2.45, 2.75) is 36.7 Å². The number of aryl methyl sites for hydroxylation is 1. The van der Waals surface area contributed by atoms with Gasteiger partial charge in [0, 0.05) is 11.6 Å². The van der Waals surface area contributed by atoms with Crippen molar-refractivity contribution in [3.63, 3.8) is 0 Å². The van der Waals surface area contributed by atoms with E-state index in [1.54, 1.807) is 17.6 Å². The van der Waals surface area contributed by atoms with Crippen LogP contribution in [0.25, 0.3) is 10.7 Å². The first-order chi connectivity index (χ1) is 12.0. The van der Waals surface area contributed by atoms with Crippen LogP contribution in [0.15, 0.2) is 29.4 Å². The monoisotopic (exact) mass is 379 g/mol. The first-order valence-electron chi connectivity index (χ1n) is 7.68. The minimum atomic E-state index is -3.84. The molecule has 3 aromatic rings. The van der Waals surface area contributed by atoms with Crippen LogP contribution in [-0.2, 0) is 15.6 Å². The van der Waals surface area contributed by atoms with Gasteiger partial charge in [0.2, 0.25) is 9.84 Å². The lowest BCUT2D eigenvalue weighted by molar-refractivity contribution is 0.561. The Balaban J connectivity index is 1.79. The molecule has 0 radical (unpaired) electrons. The van der Waals surface area contributed by atoms with Crippen molar-refractivity contribution in [2.75, 3.05) is 0 Å². The van der Waals surface area contributed by atoms with E-state index in [2.05, 4.69) is 19.8 Å². The fourth-order valence-corrected chi connectivity index (χ4v) is 4.74. The predicted molar refractivity (Wildman–Crippen MR) is 89.2 cm³/mol. The summed E-state index contributed by atoms with van der Waals surface area (Å²) in [4.78, 5) is 0.701. The number of hydrogen-bond acceptors (Lipinski definition) is 7. The predicted octanol–water partition coefficient (Wildman–Crippen LogP) is 2.55. The second-order valence-corrected chi connectivity index (χ2v) is 8.58. The van der Waals surface area contributed by atoms with Crippen molar-refractivity contribution in [3.05, 3.63) is 41.3 Å². The zero-order valence-electron chi connectivity index (χ0n) is 13.3. The van der Waals surface area contributed by atoms with Gasteiger partial charge in [-0.3, -0.25) is 4.57 Å². The van der Waals surface area contributed by atoms with Gasteiger partial charge in [-0.1, -0.05) is 22.7 Å². The van der Waals surface area contributed by atoms with Crippen LogP contribution in [0.4, 0.5) is 4.39 Å². The molecule has 0 atom stereocenters. The van der Waals surface area contributed by atoms with E-state index in [0.717, 1.165) is 24.4 Å². The number of aromatic nitrogens is 5. The quantitative estimate of drug-likeness (QED) is 0.677. The van der Waals surface area contributed by atoms with Gasteiger partial charge in [0.15, 0.2) is 5.82 Å². The highest BCUT2D eigenvalue weighted by molar-refractivity contribution is 7.90. The summed E-state index contributed by atoms with van der Waals surface area (Å²) in [5.41, 5.74) is 0.794. The third-order valence-electron chi connectivity index (χ3n) is 4.01. The van der Waals surface area contributed by atoms with Crippen molar-refractivity contribution in [1.82, 2.24) is 24.4 Å². The van der Waals surface area contributed by atoms with Gasteiger partial charge in [0.1, 0.15) is 10.7 Å². The Bertz CT molecular complexity index is 1040. The average molecular weight is 379 g/mol. The number of nitrogens with zero attached hydrogens (tertiary/aromatic N) is 5. The van der Waals surface area contributed by atoms with E-state index in [4.69, 9.17) is 0 Å². The van der Waals surface area contributed by atoms with Gasteiger partial charge in [0.05, 0.1) is 11.4 Å². The zero-order valence-corrected chi connectivity index (χ0v) is 14.9. The van der Waals surface area contributed by atoms with Crippen molar-refractivity contribution in [2.24, 2.45) is 0 Å². The summed E-state index contributed by atoms with van der Waals surface area (Å²) < 4.78 is 45.1. The summed E-state index contributed by atoms with van der Waals surface area (Å²) in [6, 6.07) is 5.88. The summed E-state index contributed by atoms with van der Waals surface area (Å²) in [5, 5.41) is 11.8. The van der Waals surface area contributed by atoms with Crippen LogP contribution in [-0.4, -0.2) is 32.8 Å². The normalized spacial score (nSPS) is 14.8. The molecule has 4 rings (SSSR count). The SMILES string of the molecule is Cc1nnsc1-c1nnc(S(=O)(=O)Cc2ccccc2F)n1C1CC1. The number of halogens is 1. The minimum absolute atomic E-state index is 0.0388. The largest absolute Gasteiger partial charge is 0.294 e. The van der Waals surface area contributed by atoms with Crippen LogP contribution < -0.4 is 0 Å². The molecular formula is C15H14FN5O2S2. The molecule has 1 aliphatic rings. The molecule has 0 N–H and O–H groups in total. The second-order valence-electron chi connectivity index (χ2n) is 5.95. The Morgan fingerprint density at radius 1 is 1.24 bits per heavy atom. The fraction of sp³-hybridized carbons (Fsp3) is 0.333. The molecule has 2 aromatic heterocycles. The first-order valence-corrected chi connectivity index (χ1v) is 10.1. The molecule has 1 saturated carbocycles. The van der Waals surface area contributed by atoms with E-state index in [1.807, 2.05) is 0 Å². The van der Waals surface area contributed by atoms with Gasteiger partial charge < -0.3 is 0 Å².